The fourth-order valence-electron chi connectivity index (χ4n) is 6.56. The molecule has 3 aliphatic rings. The van der Waals surface area contributed by atoms with Crippen LogP contribution < -0.4 is 4.90 Å². The summed E-state index contributed by atoms with van der Waals surface area (Å²) in [7, 11) is 0. The molecule has 9 heteroatoms. The summed E-state index contributed by atoms with van der Waals surface area (Å²) in [5.74, 6) is -2.97. The predicted octanol–water partition coefficient (Wildman–Crippen LogP) is 4.15. The highest BCUT2D eigenvalue weighted by Crippen LogP contribution is 2.59. The highest BCUT2D eigenvalue weighted by Gasteiger charge is 2.75. The molecule has 2 amide bonds. The van der Waals surface area contributed by atoms with Gasteiger partial charge in [0.1, 0.15) is 11.6 Å². The third-order valence-corrected chi connectivity index (χ3v) is 8.93. The first-order valence-corrected chi connectivity index (χ1v) is 14.2. The molecule has 3 saturated heterocycles. The number of benzene rings is 1. The van der Waals surface area contributed by atoms with Crippen LogP contribution in [-0.2, 0) is 23.9 Å². The van der Waals surface area contributed by atoms with Gasteiger partial charge in [-0.3, -0.25) is 14.4 Å². The Hall–Kier alpha value is -2.68. The number of allylic oxidation sites excluding steroid dienone is 1. The Bertz CT molecular complexity index is 1110. The van der Waals surface area contributed by atoms with E-state index in [1.807, 2.05) is 13.8 Å². The van der Waals surface area contributed by atoms with Crippen molar-refractivity contribution in [2.75, 3.05) is 24.7 Å². The maximum absolute atomic E-state index is 14.6. The number of hydrogen-bond donors (Lipinski definition) is 1. The number of carbonyl (C=O) groups excluding carboxylic acids is 3. The van der Waals surface area contributed by atoms with E-state index in [4.69, 9.17) is 21.1 Å². The summed E-state index contributed by atoms with van der Waals surface area (Å²) in [6.07, 6.45) is 5.88. The molecule has 3 aliphatic heterocycles. The number of ether oxygens (including phenoxy) is 2. The summed E-state index contributed by atoms with van der Waals surface area (Å²) in [4.78, 5) is 45.2. The number of para-hydroxylation sites is 1. The van der Waals surface area contributed by atoms with Crippen LogP contribution >= 0.6 is 11.6 Å². The highest BCUT2D eigenvalue weighted by molar-refractivity contribution is 6.34. The zero-order valence-electron chi connectivity index (χ0n) is 22.8. The second kappa shape index (κ2) is 12.2. The Balaban J connectivity index is 1.78. The predicted molar refractivity (Wildman–Crippen MR) is 149 cm³/mol. The van der Waals surface area contributed by atoms with E-state index in [-0.39, 0.29) is 37.5 Å². The lowest BCUT2D eigenvalue weighted by Crippen LogP contribution is -2.60. The lowest BCUT2D eigenvalue weighted by atomic mass is 9.70. The van der Waals surface area contributed by atoms with Crippen LogP contribution in [-0.4, -0.2) is 71.3 Å². The van der Waals surface area contributed by atoms with Gasteiger partial charge in [0.25, 0.3) is 5.91 Å². The zero-order valence-corrected chi connectivity index (χ0v) is 23.5. The molecule has 3 heterocycles. The quantitative estimate of drug-likeness (QED) is 0.222. The summed E-state index contributed by atoms with van der Waals surface area (Å²) < 4.78 is 12.1. The van der Waals surface area contributed by atoms with E-state index in [1.54, 1.807) is 36.4 Å². The van der Waals surface area contributed by atoms with Crippen LogP contribution in [0, 0.1) is 17.8 Å². The van der Waals surface area contributed by atoms with E-state index in [0.29, 0.717) is 42.8 Å². The number of nitrogens with zero attached hydrogens (tertiary/aromatic N) is 2. The molecule has 8 nitrogen and oxygen atoms in total. The average Bonchev–Trinajstić information content (AvgIpc) is 3.58. The number of anilines is 1. The van der Waals surface area contributed by atoms with Crippen LogP contribution in [0.2, 0.25) is 5.02 Å². The van der Waals surface area contributed by atoms with Crippen molar-refractivity contribution in [3.8, 4) is 0 Å². The Morgan fingerprint density at radius 2 is 2.08 bits per heavy atom. The van der Waals surface area contributed by atoms with Gasteiger partial charge in [0.2, 0.25) is 5.91 Å². The van der Waals surface area contributed by atoms with Crippen molar-refractivity contribution < 1.29 is 29.0 Å². The standard InChI is InChI=1S/C30H39ClN2O6/c1-5-8-11-17-38-29(37)24-23-14-15-30(39-23)25(24)27(35)33(22(18-34)19(4)7-3)26(30)28(36)32(16-6-2)21-13-10-9-12-20(21)31/h5-6,9-10,12-13,19,22-26,34H,1-2,7-8,11,14-18H2,3-4H3/t19-,22-,23+,24-,25-,26?,30?/m0/s1. The third-order valence-electron chi connectivity index (χ3n) is 8.61. The van der Waals surface area contributed by atoms with Crippen molar-refractivity contribution in [3.63, 3.8) is 0 Å². The average molecular weight is 559 g/mol. The maximum atomic E-state index is 14.6. The van der Waals surface area contributed by atoms with Crippen molar-refractivity contribution in [1.82, 2.24) is 4.90 Å². The Morgan fingerprint density at radius 1 is 1.33 bits per heavy atom. The molecule has 39 heavy (non-hydrogen) atoms. The number of aliphatic hydroxyl groups is 1. The molecule has 0 aliphatic carbocycles. The van der Waals surface area contributed by atoms with Crippen LogP contribution in [0.1, 0.15) is 46.0 Å². The van der Waals surface area contributed by atoms with E-state index < -0.39 is 41.6 Å². The van der Waals surface area contributed by atoms with Crippen LogP contribution in [0.4, 0.5) is 5.69 Å². The van der Waals surface area contributed by atoms with Gasteiger partial charge in [-0.15, -0.1) is 13.2 Å². The van der Waals surface area contributed by atoms with Gasteiger partial charge < -0.3 is 24.4 Å². The number of unbranched alkanes of at least 4 members (excludes halogenated alkanes) is 1. The summed E-state index contributed by atoms with van der Waals surface area (Å²) in [6.45, 7) is 11.5. The first kappa shape index (κ1) is 29.3. The monoisotopic (exact) mass is 558 g/mol. The van der Waals surface area contributed by atoms with E-state index in [2.05, 4.69) is 13.2 Å². The topological polar surface area (TPSA) is 96.4 Å². The third kappa shape index (κ3) is 5.03. The van der Waals surface area contributed by atoms with E-state index in [1.165, 1.54) is 9.80 Å². The van der Waals surface area contributed by atoms with Crippen molar-refractivity contribution in [2.45, 2.75) is 69.7 Å². The summed E-state index contributed by atoms with van der Waals surface area (Å²) in [5, 5.41) is 10.9. The van der Waals surface area contributed by atoms with E-state index >= 15 is 0 Å². The second-order valence-corrected chi connectivity index (χ2v) is 11.1. The van der Waals surface area contributed by atoms with E-state index in [0.717, 1.165) is 0 Å². The minimum atomic E-state index is -1.20. The SMILES string of the molecule is C=CCCCOC(=O)[C@@H]1[C@H]2C(=O)N([C@@H](CO)[C@@H](C)CC)C(C(=O)N(CC=C)c3ccccc3Cl)C23CC[C@H]1O3. The van der Waals surface area contributed by atoms with Gasteiger partial charge in [-0.2, -0.15) is 0 Å². The largest absolute Gasteiger partial charge is 0.465 e. The van der Waals surface area contributed by atoms with Crippen molar-refractivity contribution >= 4 is 35.1 Å². The molecule has 7 atom stereocenters. The number of carbonyl (C=O) groups is 3. The first-order chi connectivity index (χ1) is 18.8. The molecular weight excluding hydrogens is 520 g/mol. The Labute approximate surface area is 235 Å². The molecule has 1 spiro atoms. The normalized spacial score (nSPS) is 28.6. The molecule has 0 saturated carbocycles. The Morgan fingerprint density at radius 3 is 2.72 bits per heavy atom. The molecule has 0 aromatic heterocycles. The Kier molecular flexibility index (Phi) is 9.19. The van der Waals surface area contributed by atoms with Crippen LogP contribution in [0.15, 0.2) is 49.6 Å². The number of aliphatic hydroxyl groups excluding tert-OH is 1. The lowest BCUT2D eigenvalue weighted by Gasteiger charge is -2.41. The van der Waals surface area contributed by atoms with Gasteiger partial charge in [0.05, 0.1) is 47.9 Å². The van der Waals surface area contributed by atoms with Crippen LogP contribution in [0.3, 0.4) is 0 Å². The van der Waals surface area contributed by atoms with Gasteiger partial charge in [0.15, 0.2) is 0 Å². The smallest absolute Gasteiger partial charge is 0.312 e. The summed E-state index contributed by atoms with van der Waals surface area (Å²) in [5.41, 5.74) is -0.711. The van der Waals surface area contributed by atoms with Crippen molar-refractivity contribution in [2.24, 2.45) is 17.8 Å². The molecule has 1 aromatic rings. The number of likely N-dealkylation sites (tertiary alicyclic amines) is 1. The highest BCUT2D eigenvalue weighted by atomic mass is 35.5. The van der Waals surface area contributed by atoms with Gasteiger partial charge in [-0.25, -0.2) is 0 Å². The first-order valence-electron chi connectivity index (χ1n) is 13.8. The number of amides is 2. The molecular formula is C30H39ClN2O6. The fourth-order valence-corrected chi connectivity index (χ4v) is 6.80. The minimum Gasteiger partial charge on any atom is -0.465 e. The second-order valence-electron chi connectivity index (χ2n) is 10.7. The van der Waals surface area contributed by atoms with Crippen LogP contribution in [0.5, 0.6) is 0 Å². The van der Waals surface area contributed by atoms with Gasteiger partial charge in [-0.1, -0.05) is 56.2 Å². The number of esters is 1. The van der Waals surface area contributed by atoms with Crippen molar-refractivity contribution in [1.29, 1.82) is 0 Å². The molecule has 1 N–H and O–H groups in total. The summed E-state index contributed by atoms with van der Waals surface area (Å²) in [6, 6.07) is 5.34. The molecule has 2 unspecified atom stereocenters. The molecule has 212 valence electrons. The zero-order chi connectivity index (χ0) is 28.3. The number of hydrogen-bond acceptors (Lipinski definition) is 6. The molecule has 3 fully saturated rings. The minimum absolute atomic E-state index is 0.0980. The fraction of sp³-hybridized carbons (Fsp3) is 0.567. The molecule has 2 bridgehead atoms. The number of fused-ring (bicyclic) bond motifs is 1. The molecule has 4 rings (SSSR count). The van der Waals surface area contributed by atoms with E-state index in [9.17, 15) is 19.5 Å². The number of halogens is 1. The van der Waals surface area contributed by atoms with Gasteiger partial charge >= 0.3 is 5.97 Å². The molecule has 0 radical (unpaired) electrons. The number of rotatable bonds is 13. The molecule has 1 aromatic carbocycles. The lowest BCUT2D eigenvalue weighted by molar-refractivity contribution is -0.156. The van der Waals surface area contributed by atoms with Gasteiger partial charge in [0, 0.05) is 6.54 Å². The maximum Gasteiger partial charge on any atom is 0.312 e. The summed E-state index contributed by atoms with van der Waals surface area (Å²) >= 11 is 6.51. The van der Waals surface area contributed by atoms with Crippen molar-refractivity contribution in [3.05, 3.63) is 54.6 Å². The van der Waals surface area contributed by atoms with Gasteiger partial charge in [-0.05, 0) is 43.7 Å². The van der Waals surface area contributed by atoms with Crippen LogP contribution in [0.25, 0.3) is 0 Å².